The van der Waals surface area contributed by atoms with Crippen LogP contribution < -0.4 is 11.1 Å². The van der Waals surface area contributed by atoms with Crippen molar-refractivity contribution in [3.63, 3.8) is 0 Å². The summed E-state index contributed by atoms with van der Waals surface area (Å²) in [6.07, 6.45) is 2.35. The van der Waals surface area contributed by atoms with Gasteiger partial charge in [-0.1, -0.05) is 23.2 Å². The number of aromatic nitrogens is 1. The van der Waals surface area contributed by atoms with Crippen molar-refractivity contribution in [1.29, 1.82) is 0 Å². The van der Waals surface area contributed by atoms with E-state index >= 15 is 0 Å². The topological polar surface area (TPSA) is 60.2 Å². The summed E-state index contributed by atoms with van der Waals surface area (Å²) in [5.41, 5.74) is 5.65. The third-order valence-corrected chi connectivity index (χ3v) is 3.43. The minimum absolute atomic E-state index is 0.142. The molecule has 0 aromatic carbocycles. The number of nitrogens with one attached hydrogen (secondary N) is 1. The smallest absolute Gasteiger partial charge is 0.147 e. The van der Waals surface area contributed by atoms with E-state index in [1.807, 2.05) is 6.92 Å². The molecular weight excluding hydrogens is 261 g/mol. The number of hydrogen-bond acceptors (Lipinski definition) is 4. The van der Waals surface area contributed by atoms with Crippen molar-refractivity contribution < 1.29 is 4.74 Å². The second kappa shape index (κ2) is 5.29. The van der Waals surface area contributed by atoms with Gasteiger partial charge in [0, 0.05) is 6.61 Å². The van der Waals surface area contributed by atoms with Crippen LogP contribution in [0.15, 0.2) is 6.07 Å². The highest BCUT2D eigenvalue weighted by Gasteiger charge is 2.23. The molecule has 2 unspecified atom stereocenters. The van der Waals surface area contributed by atoms with Gasteiger partial charge < -0.3 is 15.8 Å². The number of nitrogens with zero attached hydrogens (tertiary/aromatic N) is 1. The van der Waals surface area contributed by atoms with Crippen LogP contribution in [-0.2, 0) is 4.74 Å². The minimum Gasteiger partial charge on any atom is -0.382 e. The number of nitrogen functional groups attached to an aromatic ring is 1. The summed E-state index contributed by atoms with van der Waals surface area (Å²) in [5, 5.41) is 4.05. The van der Waals surface area contributed by atoms with Crippen molar-refractivity contribution in [3.05, 3.63) is 16.1 Å². The zero-order chi connectivity index (χ0) is 12.4. The Morgan fingerprint density at radius 2 is 2.29 bits per heavy atom. The van der Waals surface area contributed by atoms with E-state index in [2.05, 4.69) is 10.3 Å². The summed E-state index contributed by atoms with van der Waals surface area (Å²) >= 11 is 11.9. The average Bonchev–Trinajstić information content (AvgIpc) is 2.79. The van der Waals surface area contributed by atoms with Crippen molar-refractivity contribution in [2.75, 3.05) is 17.7 Å². The third-order valence-electron chi connectivity index (χ3n) is 2.84. The van der Waals surface area contributed by atoms with Crippen molar-refractivity contribution in [2.45, 2.75) is 31.9 Å². The molecule has 6 heteroatoms. The standard InChI is InChI=1S/C11H15Cl2N3O/c1-6(9-3-2-4-17-9)15-11-8(13)5-7(12)10(14)16-11/h5-6,9H,2-4H2,1H3,(H3,14,15,16). The Balaban J connectivity index is 2.09. The second-order valence-electron chi connectivity index (χ2n) is 4.17. The average molecular weight is 276 g/mol. The lowest BCUT2D eigenvalue weighted by Crippen LogP contribution is -2.30. The first-order valence-electron chi connectivity index (χ1n) is 5.57. The Bertz CT molecular complexity index is 408. The lowest BCUT2D eigenvalue weighted by molar-refractivity contribution is 0.0996. The summed E-state index contributed by atoms with van der Waals surface area (Å²) in [7, 11) is 0. The van der Waals surface area contributed by atoms with E-state index in [0.29, 0.717) is 15.9 Å². The summed E-state index contributed by atoms with van der Waals surface area (Å²) in [4.78, 5) is 4.13. The largest absolute Gasteiger partial charge is 0.382 e. The molecular formula is C11H15Cl2N3O. The maximum atomic E-state index is 6.05. The molecule has 1 aliphatic heterocycles. The molecule has 0 saturated carbocycles. The van der Waals surface area contributed by atoms with E-state index in [4.69, 9.17) is 33.7 Å². The lowest BCUT2D eigenvalue weighted by Gasteiger charge is -2.21. The molecule has 0 radical (unpaired) electrons. The molecule has 0 amide bonds. The van der Waals surface area contributed by atoms with Crippen molar-refractivity contribution in [2.24, 2.45) is 0 Å². The first-order valence-corrected chi connectivity index (χ1v) is 6.33. The summed E-state index contributed by atoms with van der Waals surface area (Å²) in [6, 6.07) is 1.73. The van der Waals surface area contributed by atoms with Gasteiger partial charge in [0.1, 0.15) is 11.6 Å². The van der Waals surface area contributed by atoms with Gasteiger partial charge in [-0.2, -0.15) is 0 Å². The van der Waals surface area contributed by atoms with Gasteiger partial charge in [-0.3, -0.25) is 0 Å². The molecule has 1 fully saturated rings. The van der Waals surface area contributed by atoms with Gasteiger partial charge in [0.05, 0.1) is 22.2 Å². The molecule has 1 aromatic heterocycles. The number of anilines is 2. The van der Waals surface area contributed by atoms with Gasteiger partial charge in [0.25, 0.3) is 0 Å². The highest BCUT2D eigenvalue weighted by atomic mass is 35.5. The lowest BCUT2D eigenvalue weighted by atomic mass is 10.1. The Hall–Kier alpha value is -0.710. The number of nitrogens with two attached hydrogens (primary N) is 1. The monoisotopic (exact) mass is 275 g/mol. The molecule has 17 heavy (non-hydrogen) atoms. The molecule has 2 atom stereocenters. The molecule has 0 aliphatic carbocycles. The molecule has 0 bridgehead atoms. The Kier molecular flexibility index (Phi) is 3.97. The zero-order valence-electron chi connectivity index (χ0n) is 9.54. The van der Waals surface area contributed by atoms with Crippen LogP contribution in [0.25, 0.3) is 0 Å². The fourth-order valence-electron chi connectivity index (χ4n) is 1.89. The molecule has 2 rings (SSSR count). The van der Waals surface area contributed by atoms with Crippen LogP contribution in [0, 0.1) is 0 Å². The maximum Gasteiger partial charge on any atom is 0.147 e. The molecule has 2 heterocycles. The molecule has 1 aromatic rings. The number of hydrogen-bond donors (Lipinski definition) is 2. The van der Waals surface area contributed by atoms with E-state index in [9.17, 15) is 0 Å². The first-order chi connectivity index (χ1) is 8.08. The number of ether oxygens (including phenoxy) is 1. The van der Waals surface area contributed by atoms with Crippen LogP contribution in [0.1, 0.15) is 19.8 Å². The van der Waals surface area contributed by atoms with E-state index in [0.717, 1.165) is 19.4 Å². The predicted octanol–water partition coefficient (Wildman–Crippen LogP) is 2.95. The fraction of sp³-hybridized carbons (Fsp3) is 0.545. The van der Waals surface area contributed by atoms with Crippen molar-refractivity contribution in [3.8, 4) is 0 Å². The second-order valence-corrected chi connectivity index (χ2v) is 4.98. The van der Waals surface area contributed by atoms with Gasteiger partial charge in [0.15, 0.2) is 0 Å². The zero-order valence-corrected chi connectivity index (χ0v) is 11.1. The third kappa shape index (κ3) is 2.94. The van der Waals surface area contributed by atoms with E-state index in [1.165, 1.54) is 0 Å². The Morgan fingerprint density at radius 1 is 1.53 bits per heavy atom. The first kappa shape index (κ1) is 12.7. The highest BCUT2D eigenvalue weighted by molar-refractivity contribution is 6.37. The number of halogens is 2. The van der Waals surface area contributed by atoms with Crippen LogP contribution in [0.3, 0.4) is 0 Å². The van der Waals surface area contributed by atoms with Gasteiger partial charge in [0.2, 0.25) is 0 Å². The van der Waals surface area contributed by atoms with Crippen LogP contribution in [0.2, 0.25) is 10.0 Å². The van der Waals surface area contributed by atoms with Gasteiger partial charge in [-0.05, 0) is 25.8 Å². The molecule has 1 saturated heterocycles. The van der Waals surface area contributed by atoms with Crippen LogP contribution in [-0.4, -0.2) is 23.7 Å². The quantitative estimate of drug-likeness (QED) is 0.891. The molecule has 1 aliphatic rings. The molecule has 0 spiro atoms. The molecule has 4 nitrogen and oxygen atoms in total. The highest BCUT2D eigenvalue weighted by Crippen LogP contribution is 2.28. The van der Waals surface area contributed by atoms with E-state index in [1.54, 1.807) is 6.07 Å². The number of rotatable bonds is 3. The van der Waals surface area contributed by atoms with Gasteiger partial charge in [-0.25, -0.2) is 4.98 Å². The molecule has 3 N–H and O–H groups in total. The fourth-order valence-corrected chi connectivity index (χ4v) is 2.30. The van der Waals surface area contributed by atoms with Crippen molar-refractivity contribution >= 4 is 34.8 Å². The summed E-state index contributed by atoms with van der Waals surface area (Å²) in [6.45, 7) is 2.86. The predicted molar refractivity (Wildman–Crippen MR) is 70.7 cm³/mol. The molecule has 94 valence electrons. The van der Waals surface area contributed by atoms with Crippen LogP contribution in [0.4, 0.5) is 11.6 Å². The normalized spacial score (nSPS) is 21.5. The van der Waals surface area contributed by atoms with Gasteiger partial charge >= 0.3 is 0 Å². The SMILES string of the molecule is CC(Nc1nc(N)c(Cl)cc1Cl)C1CCCO1. The van der Waals surface area contributed by atoms with E-state index in [-0.39, 0.29) is 18.0 Å². The van der Waals surface area contributed by atoms with Crippen LogP contribution >= 0.6 is 23.2 Å². The van der Waals surface area contributed by atoms with Gasteiger partial charge in [-0.15, -0.1) is 0 Å². The van der Waals surface area contributed by atoms with Crippen molar-refractivity contribution in [1.82, 2.24) is 4.98 Å². The van der Waals surface area contributed by atoms with Crippen LogP contribution in [0.5, 0.6) is 0 Å². The Labute approximate surface area is 110 Å². The Morgan fingerprint density at radius 3 is 2.94 bits per heavy atom. The van der Waals surface area contributed by atoms with E-state index < -0.39 is 0 Å². The summed E-state index contributed by atoms with van der Waals surface area (Å²) < 4.78 is 5.59. The minimum atomic E-state index is 0.142. The number of pyridine rings is 1. The summed E-state index contributed by atoms with van der Waals surface area (Å²) in [5.74, 6) is 0.828. The maximum absolute atomic E-state index is 6.05.